The van der Waals surface area contributed by atoms with Crippen molar-refractivity contribution in [3.63, 3.8) is 0 Å². The van der Waals surface area contributed by atoms with Gasteiger partial charge in [0.2, 0.25) is 5.91 Å². The minimum absolute atomic E-state index is 0.0604. The Labute approximate surface area is 118 Å². The number of nitrogens with one attached hydrogen (secondary N) is 1. The molecule has 20 heavy (non-hydrogen) atoms. The van der Waals surface area contributed by atoms with Crippen molar-refractivity contribution >= 4 is 5.91 Å². The third-order valence-corrected chi connectivity index (χ3v) is 3.31. The van der Waals surface area contributed by atoms with Gasteiger partial charge in [-0.25, -0.2) is 4.98 Å². The molecule has 0 aliphatic rings. The number of nitrogens with zero attached hydrogens (tertiary/aromatic N) is 4. The lowest BCUT2D eigenvalue weighted by Gasteiger charge is -2.17. The predicted octanol–water partition coefficient (Wildman–Crippen LogP) is 1.32. The average Bonchev–Trinajstić information content (AvgIpc) is 3.08. The van der Waals surface area contributed by atoms with Crippen LogP contribution in [0.3, 0.4) is 0 Å². The van der Waals surface area contributed by atoms with E-state index in [0.717, 1.165) is 18.7 Å². The van der Waals surface area contributed by atoms with Crippen LogP contribution in [0.25, 0.3) is 0 Å². The Morgan fingerprint density at radius 2 is 2.15 bits per heavy atom. The van der Waals surface area contributed by atoms with E-state index in [-0.39, 0.29) is 11.9 Å². The SMILES string of the molecule is CCCC(C(=O)NCCc1ncnn1C)n1cccc1. The van der Waals surface area contributed by atoms with Gasteiger partial charge in [0.05, 0.1) is 0 Å². The van der Waals surface area contributed by atoms with Crippen LogP contribution in [-0.2, 0) is 18.3 Å². The predicted molar refractivity (Wildman–Crippen MR) is 76.1 cm³/mol. The summed E-state index contributed by atoms with van der Waals surface area (Å²) in [4.78, 5) is 16.4. The zero-order valence-electron chi connectivity index (χ0n) is 12.0. The molecule has 0 saturated heterocycles. The maximum Gasteiger partial charge on any atom is 0.243 e. The Hall–Kier alpha value is -2.11. The number of hydrogen-bond acceptors (Lipinski definition) is 3. The van der Waals surface area contributed by atoms with Gasteiger partial charge in [-0.2, -0.15) is 5.10 Å². The van der Waals surface area contributed by atoms with Gasteiger partial charge in [0.25, 0.3) is 0 Å². The van der Waals surface area contributed by atoms with E-state index < -0.39 is 0 Å². The van der Waals surface area contributed by atoms with Gasteiger partial charge in [0.1, 0.15) is 18.2 Å². The number of aromatic nitrogens is 4. The molecule has 0 aliphatic carbocycles. The summed E-state index contributed by atoms with van der Waals surface area (Å²) in [6, 6.07) is 3.75. The van der Waals surface area contributed by atoms with Crippen LogP contribution < -0.4 is 5.32 Å². The smallest absolute Gasteiger partial charge is 0.243 e. The largest absolute Gasteiger partial charge is 0.354 e. The summed E-state index contributed by atoms with van der Waals surface area (Å²) < 4.78 is 3.68. The van der Waals surface area contributed by atoms with Crippen molar-refractivity contribution in [2.45, 2.75) is 32.2 Å². The molecule has 2 rings (SSSR count). The lowest BCUT2D eigenvalue weighted by molar-refractivity contribution is -0.124. The Morgan fingerprint density at radius 3 is 2.75 bits per heavy atom. The number of rotatable bonds is 7. The van der Waals surface area contributed by atoms with Crippen molar-refractivity contribution in [3.8, 4) is 0 Å². The fourth-order valence-corrected chi connectivity index (χ4v) is 2.21. The Morgan fingerprint density at radius 1 is 1.40 bits per heavy atom. The van der Waals surface area contributed by atoms with Gasteiger partial charge < -0.3 is 9.88 Å². The zero-order valence-corrected chi connectivity index (χ0v) is 12.0. The minimum Gasteiger partial charge on any atom is -0.354 e. The highest BCUT2D eigenvalue weighted by Gasteiger charge is 2.18. The number of aryl methyl sites for hydroxylation is 1. The topological polar surface area (TPSA) is 64.7 Å². The Kier molecular flexibility index (Phi) is 4.92. The molecular weight excluding hydrogens is 254 g/mol. The van der Waals surface area contributed by atoms with Crippen LogP contribution in [0.2, 0.25) is 0 Å². The van der Waals surface area contributed by atoms with Crippen molar-refractivity contribution in [3.05, 3.63) is 36.7 Å². The Balaban J connectivity index is 1.87. The van der Waals surface area contributed by atoms with E-state index in [9.17, 15) is 4.79 Å². The normalized spacial score (nSPS) is 12.3. The van der Waals surface area contributed by atoms with Crippen LogP contribution in [-0.4, -0.2) is 31.8 Å². The molecule has 0 radical (unpaired) electrons. The van der Waals surface area contributed by atoms with Gasteiger partial charge in [-0.05, 0) is 18.6 Å². The third-order valence-electron chi connectivity index (χ3n) is 3.31. The second-order valence-corrected chi connectivity index (χ2v) is 4.78. The molecule has 1 unspecified atom stereocenters. The highest BCUT2D eigenvalue weighted by molar-refractivity contribution is 5.80. The quantitative estimate of drug-likeness (QED) is 0.828. The van der Waals surface area contributed by atoms with Crippen LogP contribution in [0.4, 0.5) is 0 Å². The van der Waals surface area contributed by atoms with Crippen LogP contribution in [0.1, 0.15) is 31.6 Å². The fraction of sp³-hybridized carbons (Fsp3) is 0.500. The molecule has 1 atom stereocenters. The molecule has 6 nitrogen and oxygen atoms in total. The number of amides is 1. The van der Waals surface area contributed by atoms with Crippen LogP contribution in [0.5, 0.6) is 0 Å². The van der Waals surface area contributed by atoms with E-state index in [4.69, 9.17) is 0 Å². The summed E-state index contributed by atoms with van der Waals surface area (Å²) in [5.41, 5.74) is 0. The van der Waals surface area contributed by atoms with Gasteiger partial charge in [-0.15, -0.1) is 0 Å². The number of carbonyl (C=O) groups is 1. The highest BCUT2D eigenvalue weighted by Crippen LogP contribution is 2.14. The fourth-order valence-electron chi connectivity index (χ4n) is 2.21. The van der Waals surface area contributed by atoms with E-state index in [1.165, 1.54) is 6.33 Å². The van der Waals surface area contributed by atoms with Gasteiger partial charge in [-0.1, -0.05) is 13.3 Å². The molecule has 0 saturated carbocycles. The zero-order chi connectivity index (χ0) is 14.4. The van der Waals surface area contributed by atoms with E-state index >= 15 is 0 Å². The van der Waals surface area contributed by atoms with Crippen molar-refractivity contribution in [2.75, 3.05) is 6.54 Å². The first-order valence-corrected chi connectivity index (χ1v) is 6.95. The molecule has 2 heterocycles. The molecule has 1 amide bonds. The maximum atomic E-state index is 12.3. The van der Waals surface area contributed by atoms with Crippen molar-refractivity contribution in [1.29, 1.82) is 0 Å². The number of carbonyl (C=O) groups excluding carboxylic acids is 1. The van der Waals surface area contributed by atoms with Gasteiger partial charge in [0, 0.05) is 32.4 Å². The average molecular weight is 275 g/mol. The molecule has 108 valence electrons. The maximum absolute atomic E-state index is 12.3. The van der Waals surface area contributed by atoms with Gasteiger partial charge >= 0.3 is 0 Å². The first-order chi connectivity index (χ1) is 9.72. The van der Waals surface area contributed by atoms with Gasteiger partial charge in [-0.3, -0.25) is 9.48 Å². The van der Waals surface area contributed by atoms with Crippen molar-refractivity contribution in [1.82, 2.24) is 24.6 Å². The molecule has 0 spiro atoms. The molecule has 0 aromatic carbocycles. The number of hydrogen-bond donors (Lipinski definition) is 1. The van der Waals surface area contributed by atoms with Gasteiger partial charge in [0.15, 0.2) is 0 Å². The summed E-state index contributed by atoms with van der Waals surface area (Å²) in [6.45, 7) is 2.66. The standard InChI is InChI=1S/C14H21N5O/c1-3-6-12(19-9-4-5-10-19)14(20)15-8-7-13-16-11-17-18(13)2/h4-5,9-12H,3,6-8H2,1-2H3,(H,15,20). The van der Waals surface area contributed by atoms with Crippen LogP contribution in [0.15, 0.2) is 30.9 Å². The molecule has 6 heteroatoms. The summed E-state index contributed by atoms with van der Waals surface area (Å²) in [7, 11) is 1.85. The lowest BCUT2D eigenvalue weighted by Crippen LogP contribution is -2.33. The summed E-state index contributed by atoms with van der Waals surface area (Å²) >= 11 is 0. The molecule has 0 bridgehead atoms. The minimum atomic E-state index is -0.130. The molecule has 1 N–H and O–H groups in total. The van der Waals surface area contributed by atoms with E-state index in [2.05, 4.69) is 22.3 Å². The summed E-state index contributed by atoms with van der Waals surface area (Å²) in [6.07, 6.45) is 7.89. The van der Waals surface area contributed by atoms with Crippen LogP contribution >= 0.6 is 0 Å². The van der Waals surface area contributed by atoms with E-state index in [0.29, 0.717) is 13.0 Å². The van der Waals surface area contributed by atoms with E-state index in [1.54, 1.807) is 4.68 Å². The second kappa shape index (κ2) is 6.88. The molecular formula is C14H21N5O. The highest BCUT2D eigenvalue weighted by atomic mass is 16.2. The molecule has 0 fully saturated rings. The van der Waals surface area contributed by atoms with Crippen LogP contribution in [0, 0.1) is 0 Å². The van der Waals surface area contributed by atoms with E-state index in [1.807, 2.05) is 36.1 Å². The first-order valence-electron chi connectivity index (χ1n) is 6.95. The summed E-state index contributed by atoms with van der Waals surface area (Å²) in [5.74, 6) is 0.934. The first kappa shape index (κ1) is 14.3. The summed E-state index contributed by atoms with van der Waals surface area (Å²) in [5, 5.41) is 6.99. The second-order valence-electron chi connectivity index (χ2n) is 4.78. The molecule has 2 aromatic heterocycles. The van der Waals surface area contributed by atoms with Crippen molar-refractivity contribution in [2.24, 2.45) is 7.05 Å². The third kappa shape index (κ3) is 3.46. The monoisotopic (exact) mass is 275 g/mol. The Bertz CT molecular complexity index is 532. The molecule has 2 aromatic rings. The lowest BCUT2D eigenvalue weighted by atomic mass is 10.1. The van der Waals surface area contributed by atoms with Crippen molar-refractivity contribution < 1.29 is 4.79 Å². The molecule has 0 aliphatic heterocycles.